The lowest BCUT2D eigenvalue weighted by Crippen LogP contribution is -2.51. The summed E-state index contributed by atoms with van der Waals surface area (Å²) in [5.41, 5.74) is -0.372. The van der Waals surface area contributed by atoms with E-state index in [0.29, 0.717) is 5.92 Å². The summed E-state index contributed by atoms with van der Waals surface area (Å²) < 4.78 is 6.54. The number of amides is 1. The van der Waals surface area contributed by atoms with E-state index < -0.39 is 0 Å². The fourth-order valence-corrected chi connectivity index (χ4v) is 2.29. The largest absolute Gasteiger partial charge is 0.444 e. The normalized spacial score (nSPS) is 17.1. The van der Waals surface area contributed by atoms with Gasteiger partial charge in [0.25, 0.3) is 0 Å². The van der Waals surface area contributed by atoms with Gasteiger partial charge in [0.1, 0.15) is 5.60 Å². The van der Waals surface area contributed by atoms with Crippen LogP contribution in [0.1, 0.15) is 40.0 Å². The van der Waals surface area contributed by atoms with Crippen LogP contribution in [-0.4, -0.2) is 34.1 Å². The predicted molar refractivity (Wildman–Crippen MR) is 74.0 cm³/mol. The zero-order valence-corrected chi connectivity index (χ0v) is 12.6. The molecule has 0 radical (unpaired) electrons. The van der Waals surface area contributed by atoms with Crippen LogP contribution in [0.25, 0.3) is 0 Å². The van der Waals surface area contributed by atoms with E-state index >= 15 is 0 Å². The van der Waals surface area contributed by atoms with Crippen molar-refractivity contribution >= 4 is 28.7 Å². The Morgan fingerprint density at radius 2 is 2.00 bits per heavy atom. The third kappa shape index (κ3) is 4.89. The number of alkyl halides is 1. The third-order valence-electron chi connectivity index (χ3n) is 2.60. The van der Waals surface area contributed by atoms with Crippen molar-refractivity contribution in [2.24, 2.45) is 5.92 Å². The van der Waals surface area contributed by atoms with Crippen LogP contribution in [0.15, 0.2) is 0 Å². The Labute approximate surface area is 112 Å². The molecule has 0 bridgehead atoms. The lowest BCUT2D eigenvalue weighted by atomic mass is 9.94. The van der Waals surface area contributed by atoms with Gasteiger partial charge in [0.05, 0.1) is 0 Å². The molecule has 16 heavy (non-hydrogen) atoms. The molecule has 0 aromatic rings. The number of hydrogen-bond donors (Lipinski definition) is 0. The lowest BCUT2D eigenvalue weighted by Gasteiger charge is -2.39. The molecular formula is C12H22INO2. The van der Waals surface area contributed by atoms with Gasteiger partial charge in [-0.1, -0.05) is 29.0 Å². The molecular weight excluding hydrogens is 317 g/mol. The highest BCUT2D eigenvalue weighted by Crippen LogP contribution is 2.23. The van der Waals surface area contributed by atoms with Crippen molar-refractivity contribution in [3.05, 3.63) is 0 Å². The van der Waals surface area contributed by atoms with Crippen molar-refractivity contribution in [3.63, 3.8) is 0 Å². The summed E-state index contributed by atoms with van der Waals surface area (Å²) in [4.78, 5) is 13.4. The second-order valence-corrected chi connectivity index (χ2v) is 6.51. The number of nitrogens with zero attached hydrogens (tertiary/aromatic N) is 1. The van der Waals surface area contributed by atoms with Gasteiger partial charge in [-0.25, -0.2) is 4.79 Å². The molecule has 1 aliphatic heterocycles. The number of likely N-dealkylation sites (tertiary alicyclic amines) is 1. The summed E-state index contributed by atoms with van der Waals surface area (Å²) in [5.74, 6) is 0.704. The molecule has 1 saturated heterocycles. The monoisotopic (exact) mass is 339 g/mol. The van der Waals surface area contributed by atoms with E-state index in [1.807, 2.05) is 20.8 Å². The summed E-state index contributed by atoms with van der Waals surface area (Å²) in [6.45, 7) is 7.49. The SMILES string of the molecule is CC(C)(C)OC(=O)N1CC(CCCCI)C1. The summed E-state index contributed by atoms with van der Waals surface area (Å²) in [5, 5.41) is 0. The van der Waals surface area contributed by atoms with E-state index in [-0.39, 0.29) is 11.7 Å². The molecule has 0 atom stereocenters. The summed E-state index contributed by atoms with van der Waals surface area (Å²) in [7, 11) is 0. The Morgan fingerprint density at radius 1 is 1.38 bits per heavy atom. The maximum atomic E-state index is 11.6. The minimum absolute atomic E-state index is 0.155. The van der Waals surface area contributed by atoms with E-state index in [1.165, 1.54) is 23.7 Å². The molecule has 1 fully saturated rings. The number of unbranched alkanes of at least 4 members (excludes halogenated alkanes) is 1. The first-order valence-electron chi connectivity index (χ1n) is 5.96. The first-order chi connectivity index (χ1) is 7.42. The fourth-order valence-electron chi connectivity index (χ4n) is 1.76. The highest BCUT2D eigenvalue weighted by Gasteiger charge is 2.32. The molecule has 0 aromatic heterocycles. The molecule has 1 amide bonds. The Hall–Kier alpha value is 0. The summed E-state index contributed by atoms with van der Waals surface area (Å²) in [6.07, 6.45) is 3.68. The zero-order chi connectivity index (χ0) is 12.2. The molecule has 0 spiro atoms. The second-order valence-electron chi connectivity index (χ2n) is 5.44. The van der Waals surface area contributed by atoms with Crippen molar-refractivity contribution in [2.75, 3.05) is 17.5 Å². The number of hydrogen-bond acceptors (Lipinski definition) is 2. The van der Waals surface area contributed by atoms with Crippen molar-refractivity contribution in [1.82, 2.24) is 4.90 Å². The molecule has 3 nitrogen and oxygen atoms in total. The summed E-state index contributed by atoms with van der Waals surface area (Å²) in [6, 6.07) is 0. The minimum atomic E-state index is -0.372. The van der Waals surface area contributed by atoms with Crippen LogP contribution in [-0.2, 0) is 4.74 Å². The molecule has 4 heteroatoms. The van der Waals surface area contributed by atoms with Gasteiger partial charge < -0.3 is 9.64 Å². The van der Waals surface area contributed by atoms with Crippen LogP contribution in [0, 0.1) is 5.92 Å². The van der Waals surface area contributed by atoms with E-state index in [4.69, 9.17) is 4.74 Å². The van der Waals surface area contributed by atoms with Crippen molar-refractivity contribution in [1.29, 1.82) is 0 Å². The van der Waals surface area contributed by atoms with Crippen LogP contribution in [0.4, 0.5) is 4.79 Å². The Kier molecular flexibility index (Phi) is 5.34. The van der Waals surface area contributed by atoms with E-state index in [9.17, 15) is 4.79 Å². The number of carbonyl (C=O) groups excluding carboxylic acids is 1. The average Bonchev–Trinajstić information content (AvgIpc) is 2.05. The molecule has 0 aromatic carbocycles. The average molecular weight is 339 g/mol. The third-order valence-corrected chi connectivity index (χ3v) is 3.37. The standard InChI is InChI=1S/C12H22INO2/c1-12(2,3)16-11(15)14-8-10(9-14)6-4-5-7-13/h10H,4-9H2,1-3H3. The highest BCUT2D eigenvalue weighted by molar-refractivity contribution is 14.1. The van der Waals surface area contributed by atoms with Crippen molar-refractivity contribution < 1.29 is 9.53 Å². The smallest absolute Gasteiger partial charge is 0.410 e. The molecule has 1 heterocycles. The molecule has 0 unspecified atom stereocenters. The van der Waals surface area contributed by atoms with Gasteiger partial charge in [-0.05, 0) is 44.0 Å². The van der Waals surface area contributed by atoms with Gasteiger partial charge in [0, 0.05) is 13.1 Å². The lowest BCUT2D eigenvalue weighted by molar-refractivity contribution is -0.00234. The Balaban J connectivity index is 2.13. The van der Waals surface area contributed by atoms with Gasteiger partial charge in [-0.3, -0.25) is 0 Å². The minimum Gasteiger partial charge on any atom is -0.444 e. The first kappa shape index (κ1) is 14.1. The Bertz CT molecular complexity index is 232. The summed E-state index contributed by atoms with van der Waals surface area (Å²) >= 11 is 2.41. The van der Waals surface area contributed by atoms with Crippen molar-refractivity contribution in [2.45, 2.75) is 45.6 Å². The molecule has 0 N–H and O–H groups in total. The molecule has 1 rings (SSSR count). The van der Waals surface area contributed by atoms with Crippen LogP contribution in [0.2, 0.25) is 0 Å². The maximum Gasteiger partial charge on any atom is 0.410 e. The van der Waals surface area contributed by atoms with Crippen LogP contribution in [0.5, 0.6) is 0 Å². The molecule has 1 aliphatic rings. The van der Waals surface area contributed by atoms with Gasteiger partial charge in [-0.2, -0.15) is 0 Å². The van der Waals surface area contributed by atoms with Crippen LogP contribution < -0.4 is 0 Å². The fraction of sp³-hybridized carbons (Fsp3) is 0.917. The van der Waals surface area contributed by atoms with Gasteiger partial charge in [0.15, 0.2) is 0 Å². The number of halogens is 1. The predicted octanol–water partition coefficient (Wildman–Crippen LogP) is 3.46. The number of rotatable bonds is 4. The van der Waals surface area contributed by atoms with Crippen LogP contribution >= 0.6 is 22.6 Å². The molecule has 0 saturated carbocycles. The van der Waals surface area contributed by atoms with E-state index in [0.717, 1.165) is 13.1 Å². The molecule has 0 aliphatic carbocycles. The molecule has 94 valence electrons. The second kappa shape index (κ2) is 6.07. The first-order valence-corrected chi connectivity index (χ1v) is 7.49. The van der Waals surface area contributed by atoms with Gasteiger partial charge >= 0.3 is 6.09 Å². The van der Waals surface area contributed by atoms with E-state index in [2.05, 4.69) is 22.6 Å². The van der Waals surface area contributed by atoms with Gasteiger partial charge in [-0.15, -0.1) is 0 Å². The quantitative estimate of drug-likeness (QED) is 0.446. The Morgan fingerprint density at radius 3 is 2.50 bits per heavy atom. The van der Waals surface area contributed by atoms with Crippen molar-refractivity contribution in [3.8, 4) is 0 Å². The van der Waals surface area contributed by atoms with Gasteiger partial charge in [0.2, 0.25) is 0 Å². The zero-order valence-electron chi connectivity index (χ0n) is 10.5. The van der Waals surface area contributed by atoms with Crippen LogP contribution in [0.3, 0.4) is 0 Å². The van der Waals surface area contributed by atoms with E-state index in [1.54, 1.807) is 4.90 Å². The topological polar surface area (TPSA) is 29.5 Å². The highest BCUT2D eigenvalue weighted by atomic mass is 127. The number of carbonyl (C=O) groups is 1. The number of ether oxygens (including phenoxy) is 1. The maximum absolute atomic E-state index is 11.6.